The van der Waals surface area contributed by atoms with Crippen LogP contribution in [0.2, 0.25) is 0 Å². The molecule has 1 aromatic heterocycles. The molecule has 138 valence electrons. The second kappa shape index (κ2) is 7.86. The van der Waals surface area contributed by atoms with Crippen molar-refractivity contribution in [1.82, 2.24) is 9.97 Å². The molecule has 0 saturated heterocycles. The molecular weight excluding hydrogens is 338 g/mol. The molecular formula is C21H23N5O. The summed E-state index contributed by atoms with van der Waals surface area (Å²) < 4.78 is 0. The summed E-state index contributed by atoms with van der Waals surface area (Å²) in [6.45, 7) is 3.48. The van der Waals surface area contributed by atoms with Crippen LogP contribution in [0.15, 0.2) is 54.6 Å². The van der Waals surface area contributed by atoms with Gasteiger partial charge in [0.1, 0.15) is 5.82 Å². The Kier molecular flexibility index (Phi) is 5.35. The third-order valence-corrected chi connectivity index (χ3v) is 4.06. The zero-order valence-corrected chi connectivity index (χ0v) is 15.9. The van der Waals surface area contributed by atoms with Crippen molar-refractivity contribution in [2.75, 3.05) is 29.6 Å². The van der Waals surface area contributed by atoms with E-state index in [0.29, 0.717) is 17.3 Å². The van der Waals surface area contributed by atoms with Crippen molar-refractivity contribution in [2.45, 2.75) is 13.8 Å². The predicted molar refractivity (Wildman–Crippen MR) is 111 cm³/mol. The van der Waals surface area contributed by atoms with E-state index in [-0.39, 0.29) is 5.78 Å². The Hall–Kier alpha value is -3.41. The molecule has 0 saturated carbocycles. The molecule has 0 aliphatic heterocycles. The number of aryl methyl sites for hydroxylation is 1. The summed E-state index contributed by atoms with van der Waals surface area (Å²) >= 11 is 0. The fourth-order valence-electron chi connectivity index (χ4n) is 2.60. The van der Waals surface area contributed by atoms with E-state index >= 15 is 0 Å². The normalized spacial score (nSPS) is 10.4. The van der Waals surface area contributed by atoms with Crippen molar-refractivity contribution in [1.29, 1.82) is 0 Å². The van der Waals surface area contributed by atoms with Gasteiger partial charge in [-0.1, -0.05) is 0 Å². The molecule has 3 rings (SSSR count). The van der Waals surface area contributed by atoms with E-state index in [4.69, 9.17) is 0 Å². The summed E-state index contributed by atoms with van der Waals surface area (Å²) in [6.07, 6.45) is 0. The molecule has 0 amide bonds. The lowest BCUT2D eigenvalue weighted by Gasteiger charge is -2.13. The van der Waals surface area contributed by atoms with E-state index in [0.717, 1.165) is 22.8 Å². The topological polar surface area (TPSA) is 70.2 Å². The smallest absolute Gasteiger partial charge is 0.229 e. The maximum absolute atomic E-state index is 11.4. The van der Waals surface area contributed by atoms with E-state index in [1.165, 1.54) is 0 Å². The number of carbonyl (C=O) groups is 1. The van der Waals surface area contributed by atoms with Crippen LogP contribution >= 0.6 is 0 Å². The molecule has 0 unspecified atom stereocenters. The van der Waals surface area contributed by atoms with Gasteiger partial charge in [0.05, 0.1) is 0 Å². The highest BCUT2D eigenvalue weighted by Crippen LogP contribution is 2.21. The van der Waals surface area contributed by atoms with Gasteiger partial charge in [0.2, 0.25) is 5.95 Å². The second-order valence-electron chi connectivity index (χ2n) is 6.54. The zero-order chi connectivity index (χ0) is 19.4. The lowest BCUT2D eigenvalue weighted by molar-refractivity contribution is 0.101. The lowest BCUT2D eigenvalue weighted by Crippen LogP contribution is -2.08. The van der Waals surface area contributed by atoms with E-state index in [9.17, 15) is 4.79 Å². The summed E-state index contributed by atoms with van der Waals surface area (Å²) in [5, 5.41) is 6.49. The van der Waals surface area contributed by atoms with Crippen molar-refractivity contribution >= 4 is 34.6 Å². The Morgan fingerprint density at radius 2 is 1.48 bits per heavy atom. The number of Topliss-reactive ketones (excluding diaryl/α,β-unsaturated/α-hetero) is 1. The lowest BCUT2D eigenvalue weighted by atomic mass is 10.1. The predicted octanol–water partition coefficient (Wildman–Crippen LogP) is 4.54. The quantitative estimate of drug-likeness (QED) is 0.628. The van der Waals surface area contributed by atoms with E-state index < -0.39 is 0 Å². The Bertz CT molecular complexity index is 934. The van der Waals surface area contributed by atoms with Gasteiger partial charge in [-0.05, 0) is 62.4 Å². The first-order chi connectivity index (χ1) is 12.9. The van der Waals surface area contributed by atoms with Crippen LogP contribution < -0.4 is 15.5 Å². The van der Waals surface area contributed by atoms with Crippen LogP contribution in [0.3, 0.4) is 0 Å². The van der Waals surface area contributed by atoms with Gasteiger partial charge in [-0.3, -0.25) is 4.79 Å². The number of nitrogens with zero attached hydrogens (tertiary/aromatic N) is 3. The first kappa shape index (κ1) is 18.4. The highest BCUT2D eigenvalue weighted by atomic mass is 16.1. The van der Waals surface area contributed by atoms with Gasteiger partial charge in [-0.25, -0.2) is 4.98 Å². The van der Waals surface area contributed by atoms with Crippen LogP contribution in [0.25, 0.3) is 0 Å². The molecule has 27 heavy (non-hydrogen) atoms. The number of ketones is 1. The average Bonchev–Trinajstić information content (AvgIpc) is 2.62. The van der Waals surface area contributed by atoms with Crippen molar-refractivity contribution < 1.29 is 4.79 Å². The Labute approximate surface area is 159 Å². The monoisotopic (exact) mass is 361 g/mol. The molecule has 0 spiro atoms. The molecule has 0 bridgehead atoms. The fraction of sp³-hybridized carbons (Fsp3) is 0.190. The molecule has 6 heteroatoms. The molecule has 6 nitrogen and oxygen atoms in total. The third kappa shape index (κ3) is 4.82. The summed E-state index contributed by atoms with van der Waals surface area (Å²) in [7, 11) is 4.01. The molecule has 1 heterocycles. The maximum atomic E-state index is 11.4. The largest absolute Gasteiger partial charge is 0.378 e. The molecule has 0 atom stereocenters. The van der Waals surface area contributed by atoms with Gasteiger partial charge in [-0.2, -0.15) is 4.98 Å². The SMILES string of the molecule is CC(=O)c1ccc(Nc2cc(C)nc(Nc3ccc(N(C)C)cc3)n2)cc1. The van der Waals surface area contributed by atoms with Crippen LogP contribution in [0.1, 0.15) is 23.0 Å². The Morgan fingerprint density at radius 1 is 0.889 bits per heavy atom. The number of benzene rings is 2. The number of hydrogen-bond donors (Lipinski definition) is 2. The van der Waals surface area contributed by atoms with Crippen LogP contribution in [-0.2, 0) is 0 Å². The summed E-state index contributed by atoms with van der Waals surface area (Å²) in [5.74, 6) is 1.26. The van der Waals surface area contributed by atoms with Gasteiger partial charge in [0.25, 0.3) is 0 Å². The number of rotatable bonds is 6. The first-order valence-electron chi connectivity index (χ1n) is 8.69. The molecule has 3 aromatic rings. The Balaban J connectivity index is 1.76. The second-order valence-corrected chi connectivity index (χ2v) is 6.54. The van der Waals surface area contributed by atoms with E-state index in [2.05, 4.69) is 20.6 Å². The summed E-state index contributed by atoms with van der Waals surface area (Å²) in [5.41, 5.74) is 4.44. The molecule has 2 N–H and O–H groups in total. The van der Waals surface area contributed by atoms with Crippen LogP contribution in [0.4, 0.5) is 28.8 Å². The van der Waals surface area contributed by atoms with Crippen molar-refractivity contribution in [3.05, 3.63) is 65.9 Å². The highest BCUT2D eigenvalue weighted by molar-refractivity contribution is 5.94. The zero-order valence-electron chi connectivity index (χ0n) is 15.9. The van der Waals surface area contributed by atoms with Gasteiger partial charge in [0.15, 0.2) is 5.78 Å². The van der Waals surface area contributed by atoms with Crippen molar-refractivity contribution in [3.63, 3.8) is 0 Å². The fourth-order valence-corrected chi connectivity index (χ4v) is 2.60. The van der Waals surface area contributed by atoms with Gasteiger partial charge in [-0.15, -0.1) is 0 Å². The number of carbonyl (C=O) groups excluding carboxylic acids is 1. The number of anilines is 5. The molecule has 0 aliphatic carbocycles. The highest BCUT2D eigenvalue weighted by Gasteiger charge is 2.05. The molecule has 2 aromatic carbocycles. The number of aromatic nitrogens is 2. The van der Waals surface area contributed by atoms with Crippen LogP contribution in [-0.4, -0.2) is 29.8 Å². The van der Waals surface area contributed by atoms with E-state index in [1.54, 1.807) is 19.1 Å². The maximum Gasteiger partial charge on any atom is 0.229 e. The summed E-state index contributed by atoms with van der Waals surface area (Å²) in [6, 6.07) is 17.3. The average molecular weight is 361 g/mol. The van der Waals surface area contributed by atoms with Crippen molar-refractivity contribution in [3.8, 4) is 0 Å². The molecule has 0 fully saturated rings. The minimum atomic E-state index is 0.0474. The van der Waals surface area contributed by atoms with Crippen molar-refractivity contribution in [2.24, 2.45) is 0 Å². The molecule has 0 aliphatic rings. The third-order valence-electron chi connectivity index (χ3n) is 4.06. The minimum absolute atomic E-state index is 0.0474. The minimum Gasteiger partial charge on any atom is -0.378 e. The standard InChI is InChI=1S/C21H23N5O/c1-14-13-20(23-17-7-5-16(6-8-17)15(2)27)25-21(22-14)24-18-9-11-19(12-10-18)26(3)4/h5-13H,1-4H3,(H2,22,23,24,25). The van der Waals surface area contributed by atoms with Crippen LogP contribution in [0, 0.1) is 6.92 Å². The van der Waals surface area contributed by atoms with Crippen LogP contribution in [0.5, 0.6) is 0 Å². The van der Waals surface area contributed by atoms with Gasteiger partial charge < -0.3 is 15.5 Å². The summed E-state index contributed by atoms with van der Waals surface area (Å²) in [4.78, 5) is 22.4. The molecule has 0 radical (unpaired) electrons. The van der Waals surface area contributed by atoms with Gasteiger partial charge >= 0.3 is 0 Å². The number of nitrogens with one attached hydrogen (secondary N) is 2. The van der Waals surface area contributed by atoms with E-state index in [1.807, 2.05) is 68.4 Å². The Morgan fingerprint density at radius 3 is 2.07 bits per heavy atom. The van der Waals surface area contributed by atoms with Gasteiger partial charge in [0, 0.05) is 48.5 Å². The number of hydrogen-bond acceptors (Lipinski definition) is 6. The first-order valence-corrected chi connectivity index (χ1v) is 8.69.